The number of alkyl carbamates (subject to hydrolysis) is 1. The Morgan fingerprint density at radius 2 is 1.81 bits per heavy atom. The van der Waals surface area contributed by atoms with Crippen molar-refractivity contribution in [2.75, 3.05) is 13.7 Å². The smallest absolute Gasteiger partial charge is 0.408 e. The molecule has 2 aliphatic carbocycles. The van der Waals surface area contributed by atoms with E-state index >= 15 is 0 Å². The fourth-order valence-electron chi connectivity index (χ4n) is 7.59. The fourth-order valence-corrected chi connectivity index (χ4v) is 10.2. The minimum absolute atomic E-state index is 0.0869. The quantitative estimate of drug-likeness (QED) is 0.114. The first-order chi connectivity index (χ1) is 29.3. The molecular formula is C43H53ClN6O11S2. The predicted molar refractivity (Wildman–Crippen MR) is 236 cm³/mol. The second-order valence-corrected chi connectivity index (χ2v) is 22.3. The molecule has 3 aromatic heterocycles. The minimum Gasteiger partial charge on any atom is -0.495 e. The summed E-state index contributed by atoms with van der Waals surface area (Å²) in [5.74, 6) is -2.28. The van der Waals surface area contributed by atoms with E-state index in [0.29, 0.717) is 50.7 Å². The Morgan fingerprint density at radius 1 is 1.11 bits per heavy atom. The number of hydrogen-bond acceptors (Lipinski definition) is 14. The third kappa shape index (κ3) is 9.33. The van der Waals surface area contributed by atoms with E-state index < -0.39 is 85.3 Å². The number of aromatic nitrogens is 2. The molecule has 2 saturated carbocycles. The molecular weight excluding hydrogens is 876 g/mol. The summed E-state index contributed by atoms with van der Waals surface area (Å²) in [5.41, 5.74) is -3.33. The lowest BCUT2D eigenvalue weighted by Crippen LogP contribution is -2.60. The maximum atomic E-state index is 14.8. The highest BCUT2D eigenvalue weighted by atomic mass is 35.5. The number of methoxy groups -OCH3 is 1. The second-order valence-electron chi connectivity index (χ2n) is 18.9. The number of sulfonamides is 1. The van der Waals surface area contributed by atoms with E-state index in [9.17, 15) is 32.7 Å². The summed E-state index contributed by atoms with van der Waals surface area (Å²) in [7, 11) is -2.48. The van der Waals surface area contributed by atoms with Crippen LogP contribution in [0.3, 0.4) is 0 Å². The van der Waals surface area contributed by atoms with Gasteiger partial charge >= 0.3 is 6.09 Å². The number of benzene rings is 1. The number of carbonyl (C=O) groups excluding carboxylic acids is 4. The summed E-state index contributed by atoms with van der Waals surface area (Å²) in [5, 5.41) is 16.6. The van der Waals surface area contributed by atoms with Crippen molar-refractivity contribution in [3.8, 4) is 22.1 Å². The number of aliphatic hydroxyl groups is 1. The van der Waals surface area contributed by atoms with Crippen LogP contribution < -0.4 is 24.8 Å². The van der Waals surface area contributed by atoms with Crippen LogP contribution in [0.1, 0.15) is 86.1 Å². The van der Waals surface area contributed by atoms with Crippen LogP contribution in [-0.2, 0) is 34.7 Å². The van der Waals surface area contributed by atoms with Crippen molar-refractivity contribution in [2.24, 2.45) is 11.3 Å². The van der Waals surface area contributed by atoms with Gasteiger partial charge in [-0.25, -0.2) is 23.2 Å². The number of nitrogens with zero attached hydrogens (tertiary/aromatic N) is 3. The van der Waals surface area contributed by atoms with Crippen LogP contribution in [0.5, 0.6) is 11.5 Å². The number of ether oxygens (including phenoxy) is 3. The molecule has 3 aliphatic rings. The van der Waals surface area contributed by atoms with Gasteiger partial charge in [0.1, 0.15) is 56.8 Å². The van der Waals surface area contributed by atoms with Crippen LogP contribution in [0.15, 0.2) is 41.5 Å². The molecule has 4 amide bonds. The van der Waals surface area contributed by atoms with Crippen molar-refractivity contribution in [3.63, 3.8) is 0 Å². The topological polar surface area (TPSA) is 229 Å². The number of amides is 4. The Morgan fingerprint density at radius 3 is 2.38 bits per heavy atom. The van der Waals surface area contributed by atoms with Gasteiger partial charge in [-0.1, -0.05) is 38.4 Å². The fraction of sp³-hybridized carbons (Fsp3) is 0.535. The zero-order chi connectivity index (χ0) is 46.2. The molecule has 340 valence electrons. The predicted octanol–water partition coefficient (Wildman–Crippen LogP) is 5.95. The van der Waals surface area contributed by atoms with E-state index in [2.05, 4.69) is 26.9 Å². The zero-order valence-corrected chi connectivity index (χ0v) is 39.0. The molecule has 0 radical (unpaired) electrons. The number of fused-ring (bicyclic) bond motifs is 3. The third-order valence-corrected chi connectivity index (χ3v) is 14.6. The summed E-state index contributed by atoms with van der Waals surface area (Å²) in [4.78, 5) is 67.5. The van der Waals surface area contributed by atoms with Crippen molar-refractivity contribution in [3.05, 3.63) is 47.1 Å². The maximum Gasteiger partial charge on any atom is 0.408 e. The highest BCUT2D eigenvalue weighted by Crippen LogP contribution is 2.47. The molecule has 1 saturated heterocycles. The van der Waals surface area contributed by atoms with Crippen LogP contribution in [0, 0.1) is 11.3 Å². The lowest BCUT2D eigenvalue weighted by molar-refractivity contribution is -0.143. The molecule has 20 heteroatoms. The van der Waals surface area contributed by atoms with Gasteiger partial charge in [0.05, 0.1) is 39.9 Å². The monoisotopic (exact) mass is 928 g/mol. The molecule has 63 heavy (non-hydrogen) atoms. The van der Waals surface area contributed by atoms with E-state index in [-0.39, 0.29) is 35.7 Å². The zero-order valence-electron chi connectivity index (χ0n) is 36.6. The molecule has 0 bridgehead atoms. The van der Waals surface area contributed by atoms with E-state index in [1.165, 1.54) is 29.4 Å². The number of pyridine rings is 1. The summed E-state index contributed by atoms with van der Waals surface area (Å²) in [6.07, 6.45) is 2.15. The van der Waals surface area contributed by atoms with Gasteiger partial charge in [0.2, 0.25) is 21.8 Å². The number of thiazole rings is 1. The van der Waals surface area contributed by atoms with Gasteiger partial charge < -0.3 is 39.3 Å². The molecule has 1 aliphatic heterocycles. The van der Waals surface area contributed by atoms with Gasteiger partial charge in [-0.2, -0.15) is 0 Å². The minimum atomic E-state index is -3.97. The number of carbonyl (C=O) groups is 4. The molecule has 5 atom stereocenters. The number of likely N-dealkylation sites (tertiary alicyclic amines) is 1. The maximum absolute atomic E-state index is 14.8. The van der Waals surface area contributed by atoms with Crippen molar-refractivity contribution in [1.82, 2.24) is 30.2 Å². The Balaban J connectivity index is 1.28. The lowest BCUT2D eigenvalue weighted by atomic mass is 9.85. The summed E-state index contributed by atoms with van der Waals surface area (Å²) in [6, 6.07) is 2.50. The van der Waals surface area contributed by atoms with Crippen LogP contribution in [0.4, 0.5) is 4.79 Å². The summed E-state index contributed by atoms with van der Waals surface area (Å²) in [6.45, 7) is 17.2. The highest BCUT2D eigenvalue weighted by molar-refractivity contribution is 7.91. The first kappa shape index (κ1) is 46.0. The van der Waals surface area contributed by atoms with E-state index in [1.807, 2.05) is 0 Å². The molecule has 7 rings (SSSR count). The Kier molecular flexibility index (Phi) is 11.9. The number of furan rings is 1. The van der Waals surface area contributed by atoms with Crippen LogP contribution in [0.25, 0.3) is 32.6 Å². The van der Waals surface area contributed by atoms with Crippen molar-refractivity contribution >= 4 is 78.8 Å². The van der Waals surface area contributed by atoms with Gasteiger partial charge in [0.15, 0.2) is 11.3 Å². The van der Waals surface area contributed by atoms with Gasteiger partial charge in [0.25, 0.3) is 5.91 Å². The number of rotatable bonds is 13. The first-order valence-corrected chi connectivity index (χ1v) is 23.3. The Hall–Kier alpha value is -4.98. The van der Waals surface area contributed by atoms with Gasteiger partial charge in [-0.05, 0) is 71.4 Å². The first-order valence-electron chi connectivity index (χ1n) is 20.5. The van der Waals surface area contributed by atoms with E-state index in [1.54, 1.807) is 79.8 Å². The van der Waals surface area contributed by atoms with Crippen LogP contribution in [-0.4, -0.2) is 100 Å². The molecule has 1 unspecified atom stereocenters. The highest BCUT2D eigenvalue weighted by Gasteiger charge is 2.62. The molecule has 4 aromatic rings. The molecule has 17 nitrogen and oxygen atoms in total. The largest absolute Gasteiger partial charge is 0.495 e. The normalized spacial score (nSPS) is 22.1. The van der Waals surface area contributed by atoms with Crippen LogP contribution in [0.2, 0.25) is 5.02 Å². The summed E-state index contributed by atoms with van der Waals surface area (Å²) >= 11 is 8.07. The Bertz CT molecular complexity index is 2620. The average molecular weight is 930 g/mol. The summed E-state index contributed by atoms with van der Waals surface area (Å²) < 4.78 is 51.9. The van der Waals surface area contributed by atoms with Gasteiger partial charge in [0, 0.05) is 24.6 Å². The molecule has 1 aromatic carbocycles. The SMILES string of the molecule is C=C[C@@H]1C[C@]1(NC(=O)[C@@H]1CC(Oc2cc(-c3cnc(C(C)(C)O)s3)nc3c2oc2ccc(OC)c(Cl)c23)CN1C(=O)[C@@H](NC(=O)OC(C)(C)C)C(C)(C)C)C(=O)NS(=O)(=O)C1CC1. The number of nitrogens with one attached hydrogen (secondary N) is 3. The van der Waals surface area contributed by atoms with Crippen molar-refractivity contribution in [1.29, 1.82) is 0 Å². The lowest BCUT2D eigenvalue weighted by Gasteiger charge is -2.36. The van der Waals surface area contributed by atoms with Gasteiger partial charge in [-0.3, -0.25) is 19.1 Å². The molecule has 4 heterocycles. The van der Waals surface area contributed by atoms with Crippen molar-refractivity contribution in [2.45, 2.75) is 121 Å². The number of hydrogen-bond donors (Lipinski definition) is 4. The second kappa shape index (κ2) is 16.2. The Labute approximate surface area is 374 Å². The molecule has 3 fully saturated rings. The van der Waals surface area contributed by atoms with Gasteiger partial charge in [-0.15, -0.1) is 17.9 Å². The standard InChI is InChI=1S/C43H53ClN6O11S2/c1-11-21-18-43(21,37(53)49-63(56,57)23-12-13-23)48-35(51)25-16-22(20-50(25)36(52)34(40(2,3)4)47-39(54)61-41(5,6)7)59-28-17-24(29-19-45-38(62-29)42(8,9)55)46-32-30-26(60-33(28)32)14-15-27(58-10)31(30)44/h11,14-15,17,19,21-23,25,34,55H,1,12-13,16,18,20H2,2-10H3,(H,47,54)(H,48,51)(H,49,53)/t21-,22?,25+,34-,43-/m1/s1. The van der Waals surface area contributed by atoms with Crippen molar-refractivity contribution < 1.29 is 51.3 Å². The third-order valence-electron chi connectivity index (χ3n) is 11.1. The van der Waals surface area contributed by atoms with E-state index in [0.717, 1.165) is 0 Å². The molecule has 4 N–H and O–H groups in total. The average Bonchev–Trinajstić information content (AvgIpc) is 3.99. The van der Waals surface area contributed by atoms with E-state index in [4.69, 9.17) is 35.2 Å². The van der Waals surface area contributed by atoms with Crippen LogP contribution >= 0.6 is 22.9 Å². The molecule has 0 spiro atoms. The number of halogens is 1.